The molecule has 0 amide bonds. The van der Waals surface area contributed by atoms with E-state index in [1.807, 2.05) is 0 Å². The molecule has 0 aromatic rings. The molecule has 0 bridgehead atoms. The van der Waals surface area contributed by atoms with Gasteiger partial charge < -0.3 is 0 Å². The Labute approximate surface area is 138 Å². The van der Waals surface area contributed by atoms with Gasteiger partial charge in [0.2, 0.25) is 6.19 Å². The molecule has 94 valence electrons. The summed E-state index contributed by atoms with van der Waals surface area (Å²) in [7, 11) is -0.480. The van der Waals surface area contributed by atoms with Gasteiger partial charge in [0, 0.05) is 20.3 Å². The minimum absolute atomic E-state index is 0.393. The second-order valence-electron chi connectivity index (χ2n) is 2.92. The molecular weight excluding hydrogens is 508 g/mol. The molecule has 0 aliphatic carbocycles. The predicted molar refractivity (Wildman–Crippen MR) is 93.8 cm³/mol. The number of aliphatic imine (C=N–C) groups is 1. The average molecular weight is 520 g/mol. The SMILES string of the molecule is N#CN=C(S)[SH](CC(Br)CBr)CC(Br)CBr. The van der Waals surface area contributed by atoms with Crippen molar-refractivity contribution in [2.75, 3.05) is 22.2 Å². The van der Waals surface area contributed by atoms with Crippen molar-refractivity contribution in [3.05, 3.63) is 0 Å². The molecule has 0 rings (SSSR count). The topological polar surface area (TPSA) is 36.1 Å². The van der Waals surface area contributed by atoms with E-state index in [0.29, 0.717) is 14.0 Å². The maximum Gasteiger partial charge on any atom is 0.207 e. The molecule has 0 aliphatic heterocycles. The molecule has 2 unspecified atom stereocenters. The lowest BCUT2D eigenvalue weighted by Crippen LogP contribution is -2.17. The Morgan fingerprint density at radius 2 is 1.69 bits per heavy atom. The Hall–Kier alpha value is 1.78. The van der Waals surface area contributed by atoms with Crippen LogP contribution in [0.15, 0.2) is 4.99 Å². The molecule has 16 heavy (non-hydrogen) atoms. The Kier molecular flexibility index (Phi) is 11.9. The predicted octanol–water partition coefficient (Wildman–Crippen LogP) is 4.07. The number of halogens is 4. The standard InChI is InChI=1S/C8H12Br4N2S2/c9-1-6(11)3-16(4-7(12)2-10)8(15)14-5-13/h6-7,16H,1-4H2,(H,14,15). The van der Waals surface area contributed by atoms with Gasteiger partial charge in [0.1, 0.15) is 4.38 Å². The van der Waals surface area contributed by atoms with Crippen LogP contribution in [-0.2, 0) is 0 Å². The van der Waals surface area contributed by atoms with Gasteiger partial charge in [0.25, 0.3) is 0 Å². The lowest BCUT2D eigenvalue weighted by atomic mass is 10.6. The fraction of sp³-hybridized carbons (Fsp3) is 0.750. The molecule has 0 spiro atoms. The summed E-state index contributed by atoms with van der Waals surface area (Å²) in [6.45, 7) is 0. The van der Waals surface area contributed by atoms with Crippen LogP contribution in [0, 0.1) is 11.5 Å². The summed E-state index contributed by atoms with van der Waals surface area (Å²) in [5.74, 6) is 1.94. The zero-order valence-electron chi connectivity index (χ0n) is 8.28. The fourth-order valence-electron chi connectivity index (χ4n) is 0.929. The van der Waals surface area contributed by atoms with Gasteiger partial charge in [-0.2, -0.15) is 10.3 Å². The van der Waals surface area contributed by atoms with Crippen LogP contribution >= 0.6 is 87.2 Å². The van der Waals surface area contributed by atoms with Crippen molar-refractivity contribution >= 4 is 91.6 Å². The van der Waals surface area contributed by atoms with Gasteiger partial charge in [0.15, 0.2) is 0 Å². The monoisotopic (exact) mass is 516 g/mol. The maximum absolute atomic E-state index is 8.55. The van der Waals surface area contributed by atoms with E-state index < -0.39 is 10.9 Å². The average Bonchev–Trinajstić information content (AvgIpc) is 2.27. The molecule has 2 nitrogen and oxygen atoms in total. The van der Waals surface area contributed by atoms with Crippen LogP contribution in [0.5, 0.6) is 0 Å². The van der Waals surface area contributed by atoms with Crippen molar-refractivity contribution in [1.82, 2.24) is 0 Å². The highest BCUT2D eigenvalue weighted by Crippen LogP contribution is 2.35. The number of nitriles is 1. The first-order chi connectivity index (χ1) is 7.54. The van der Waals surface area contributed by atoms with Crippen molar-refractivity contribution < 1.29 is 0 Å². The molecule has 0 fully saturated rings. The van der Waals surface area contributed by atoms with E-state index in [1.54, 1.807) is 6.19 Å². The largest absolute Gasteiger partial charge is 0.207 e. The summed E-state index contributed by atoms with van der Waals surface area (Å²) < 4.78 is 0.674. The second kappa shape index (κ2) is 10.7. The lowest BCUT2D eigenvalue weighted by Gasteiger charge is -2.24. The summed E-state index contributed by atoms with van der Waals surface area (Å²) in [6.07, 6.45) is 1.80. The molecule has 2 atom stereocenters. The van der Waals surface area contributed by atoms with E-state index in [9.17, 15) is 0 Å². The smallest absolute Gasteiger partial charge is 0.201 e. The van der Waals surface area contributed by atoms with E-state index in [-0.39, 0.29) is 0 Å². The molecule has 0 aromatic heterocycles. The molecule has 0 N–H and O–H groups in total. The summed E-state index contributed by atoms with van der Waals surface area (Å²) in [6, 6.07) is 0. The Morgan fingerprint density at radius 3 is 2.00 bits per heavy atom. The summed E-state index contributed by atoms with van der Waals surface area (Å²) in [5.41, 5.74) is 0. The minimum atomic E-state index is -0.480. The Bertz CT molecular complexity index is 257. The highest BCUT2D eigenvalue weighted by molar-refractivity contribution is 9.12. The quantitative estimate of drug-likeness (QED) is 0.179. The lowest BCUT2D eigenvalue weighted by molar-refractivity contribution is 1.15. The number of hydrogen-bond donors (Lipinski definition) is 2. The first-order valence-corrected chi connectivity index (χ1v) is 10.6. The third kappa shape index (κ3) is 7.98. The molecule has 0 aromatic carbocycles. The zero-order valence-corrected chi connectivity index (χ0v) is 16.4. The van der Waals surface area contributed by atoms with Gasteiger partial charge in [-0.15, -0.1) is 12.6 Å². The molecule has 0 aliphatic rings. The van der Waals surface area contributed by atoms with Crippen LogP contribution in [0.25, 0.3) is 0 Å². The van der Waals surface area contributed by atoms with Gasteiger partial charge in [-0.3, -0.25) is 0 Å². The van der Waals surface area contributed by atoms with E-state index >= 15 is 0 Å². The number of alkyl halides is 4. The molecule has 0 radical (unpaired) electrons. The molecule has 0 saturated heterocycles. The van der Waals surface area contributed by atoms with Crippen LogP contribution in [-0.4, -0.2) is 36.2 Å². The van der Waals surface area contributed by atoms with Crippen LogP contribution in [0.3, 0.4) is 0 Å². The van der Waals surface area contributed by atoms with Crippen LogP contribution in [0.4, 0.5) is 0 Å². The van der Waals surface area contributed by atoms with E-state index in [0.717, 1.165) is 22.2 Å². The summed E-state index contributed by atoms with van der Waals surface area (Å²) in [5, 5.41) is 10.3. The van der Waals surface area contributed by atoms with Gasteiger partial charge in [-0.1, -0.05) is 63.7 Å². The molecule has 8 heteroatoms. The second-order valence-corrected chi connectivity index (χ2v) is 9.81. The minimum Gasteiger partial charge on any atom is -0.201 e. The highest BCUT2D eigenvalue weighted by Gasteiger charge is 2.17. The van der Waals surface area contributed by atoms with Gasteiger partial charge in [-0.25, -0.2) is 10.9 Å². The molecule has 0 heterocycles. The summed E-state index contributed by atoms with van der Waals surface area (Å²) in [4.78, 5) is 4.53. The first-order valence-electron chi connectivity index (χ1n) is 4.35. The van der Waals surface area contributed by atoms with Gasteiger partial charge in [0.05, 0.1) is 0 Å². The van der Waals surface area contributed by atoms with Gasteiger partial charge in [-0.05, 0) is 11.5 Å². The Morgan fingerprint density at radius 1 is 1.25 bits per heavy atom. The van der Waals surface area contributed by atoms with Gasteiger partial charge >= 0.3 is 0 Å². The van der Waals surface area contributed by atoms with E-state index in [1.165, 1.54) is 0 Å². The fourth-order valence-corrected chi connectivity index (χ4v) is 6.60. The maximum atomic E-state index is 8.55. The first kappa shape index (κ1) is 17.8. The van der Waals surface area contributed by atoms with Crippen molar-refractivity contribution in [3.8, 4) is 6.19 Å². The third-order valence-electron chi connectivity index (χ3n) is 1.60. The third-order valence-corrected chi connectivity index (χ3v) is 10.6. The normalized spacial score (nSPS) is 18.8. The van der Waals surface area contributed by atoms with Crippen molar-refractivity contribution in [2.45, 2.75) is 9.65 Å². The van der Waals surface area contributed by atoms with Crippen molar-refractivity contribution in [1.29, 1.82) is 5.26 Å². The molecule has 0 saturated carbocycles. The van der Waals surface area contributed by atoms with Crippen LogP contribution in [0.2, 0.25) is 0 Å². The molecular formula is C8H12Br4N2S2. The number of nitrogens with zero attached hydrogens (tertiary/aromatic N) is 2. The van der Waals surface area contributed by atoms with E-state index in [4.69, 9.17) is 5.26 Å². The number of thiol groups is 2. The summed E-state index contributed by atoms with van der Waals surface area (Å²) >= 11 is 18.3. The highest BCUT2D eigenvalue weighted by atomic mass is 79.9. The van der Waals surface area contributed by atoms with Crippen molar-refractivity contribution in [2.24, 2.45) is 4.99 Å². The number of hydrogen-bond acceptors (Lipinski definition) is 2. The number of rotatable bonds is 6. The van der Waals surface area contributed by atoms with Crippen LogP contribution < -0.4 is 0 Å². The van der Waals surface area contributed by atoms with E-state index in [2.05, 4.69) is 81.3 Å². The zero-order chi connectivity index (χ0) is 12.6. The van der Waals surface area contributed by atoms with Crippen molar-refractivity contribution in [3.63, 3.8) is 0 Å². The van der Waals surface area contributed by atoms with Crippen LogP contribution in [0.1, 0.15) is 0 Å². The Balaban J connectivity index is 4.51.